The molecule has 2 atom stereocenters. The van der Waals surface area contributed by atoms with E-state index < -0.39 is 24.0 Å². The minimum Gasteiger partial charge on any atom is -0.548 e. The van der Waals surface area contributed by atoms with Crippen molar-refractivity contribution in [1.82, 2.24) is 10.6 Å². The summed E-state index contributed by atoms with van der Waals surface area (Å²) in [5.41, 5.74) is 0. The van der Waals surface area contributed by atoms with Crippen LogP contribution in [0.1, 0.15) is 25.7 Å². The van der Waals surface area contributed by atoms with Crippen LogP contribution in [0.5, 0.6) is 0 Å². The molecule has 0 aromatic heterocycles. The molecule has 2 rings (SSSR count). The molecule has 2 heterocycles. The molecule has 0 aromatic carbocycles. The molecule has 2 saturated heterocycles. The Morgan fingerprint density at radius 3 is 1.32 bits per heavy atom. The van der Waals surface area contributed by atoms with E-state index in [1.807, 2.05) is 0 Å². The van der Waals surface area contributed by atoms with Crippen LogP contribution in [0, 0.1) is 0 Å². The number of carboxylic acid groups (broad SMARTS) is 2. The Labute approximate surface area is 119 Å². The fourth-order valence-corrected chi connectivity index (χ4v) is 1.58. The van der Waals surface area contributed by atoms with E-state index in [1.54, 1.807) is 0 Å². The molecular weight excluding hydrogens is 308 g/mol. The van der Waals surface area contributed by atoms with Crippen molar-refractivity contribution in [2.75, 3.05) is 0 Å². The molecule has 2 aliphatic heterocycles. The van der Waals surface area contributed by atoms with Gasteiger partial charge < -0.3 is 30.4 Å². The molecule has 9 heteroatoms. The van der Waals surface area contributed by atoms with Crippen LogP contribution < -0.4 is 20.8 Å². The molecule has 0 spiro atoms. The largest absolute Gasteiger partial charge is 2.00 e. The number of carbonyl (C=O) groups excluding carboxylic acids is 4. The first-order chi connectivity index (χ1) is 8.40. The maximum atomic E-state index is 10.4. The van der Waals surface area contributed by atoms with E-state index in [9.17, 15) is 29.4 Å². The van der Waals surface area contributed by atoms with E-state index in [0.717, 1.165) is 0 Å². The van der Waals surface area contributed by atoms with Gasteiger partial charge in [0.15, 0.2) is 0 Å². The monoisotopic (exact) mass is 319 g/mol. The molecule has 0 saturated carbocycles. The van der Waals surface area contributed by atoms with Crippen LogP contribution in [0.3, 0.4) is 0 Å². The molecule has 2 amide bonds. The van der Waals surface area contributed by atoms with Gasteiger partial charge in [0.05, 0.1) is 24.0 Å². The number of hydrogen-bond donors (Lipinski definition) is 2. The number of amides is 2. The quantitative estimate of drug-likeness (QED) is 0.498. The van der Waals surface area contributed by atoms with Crippen molar-refractivity contribution < 1.29 is 46.5 Å². The maximum Gasteiger partial charge on any atom is 2.00 e. The molecule has 2 aliphatic rings. The third-order valence-corrected chi connectivity index (χ3v) is 2.56. The minimum absolute atomic E-state index is 0. The van der Waals surface area contributed by atoms with Gasteiger partial charge in [-0.15, -0.1) is 0 Å². The third-order valence-electron chi connectivity index (χ3n) is 2.56. The van der Waals surface area contributed by atoms with Crippen LogP contribution in [-0.4, -0.2) is 35.8 Å². The Balaban J connectivity index is 0.000000324. The van der Waals surface area contributed by atoms with Crippen LogP contribution in [-0.2, 0) is 36.2 Å². The second kappa shape index (κ2) is 7.75. The maximum absolute atomic E-state index is 10.4. The van der Waals surface area contributed by atoms with Crippen molar-refractivity contribution in [3.63, 3.8) is 0 Å². The van der Waals surface area contributed by atoms with Gasteiger partial charge in [-0.3, -0.25) is 9.59 Å². The fourth-order valence-electron chi connectivity index (χ4n) is 1.58. The molecule has 1 radical (unpaired) electrons. The van der Waals surface area contributed by atoms with E-state index in [0.29, 0.717) is 25.7 Å². The second-order valence-electron chi connectivity index (χ2n) is 3.96. The summed E-state index contributed by atoms with van der Waals surface area (Å²) >= 11 is 0. The smallest absolute Gasteiger partial charge is 0.548 e. The molecule has 19 heavy (non-hydrogen) atoms. The Morgan fingerprint density at radius 2 is 1.21 bits per heavy atom. The van der Waals surface area contributed by atoms with Gasteiger partial charge in [0, 0.05) is 12.8 Å². The molecule has 2 N–H and O–H groups in total. The van der Waals surface area contributed by atoms with Crippen LogP contribution in [0.25, 0.3) is 0 Å². The van der Waals surface area contributed by atoms with E-state index in [4.69, 9.17) is 0 Å². The number of carbonyl (C=O) groups is 4. The van der Waals surface area contributed by atoms with Crippen molar-refractivity contribution >= 4 is 23.8 Å². The third kappa shape index (κ3) is 5.71. The number of hydrogen-bond acceptors (Lipinski definition) is 6. The van der Waals surface area contributed by atoms with Crippen molar-refractivity contribution in [2.45, 2.75) is 37.8 Å². The first-order valence-electron chi connectivity index (χ1n) is 5.40. The number of nitrogens with one attached hydrogen (secondary N) is 2. The van der Waals surface area contributed by atoms with Crippen LogP contribution in [0.4, 0.5) is 0 Å². The Hall–Kier alpha value is -1.60. The average Bonchev–Trinajstić information content (AvgIpc) is 2.88. The van der Waals surface area contributed by atoms with Gasteiger partial charge in [-0.1, -0.05) is 0 Å². The zero-order valence-corrected chi connectivity index (χ0v) is 10.7. The van der Waals surface area contributed by atoms with Gasteiger partial charge in [0.1, 0.15) is 0 Å². The normalized spacial score (nSPS) is 24.4. The van der Waals surface area contributed by atoms with Crippen LogP contribution >= 0.6 is 0 Å². The summed E-state index contributed by atoms with van der Waals surface area (Å²) in [7, 11) is 0. The SMILES string of the molecule is O=C1CC[C@H](C(=O)[O-])N1.O=C1CC[C@H](C(=O)[O-])N1.[Cu+2]. The Morgan fingerprint density at radius 1 is 0.895 bits per heavy atom. The standard InChI is InChI=1S/2C5H7NO3.Cu/c2*7-4-2-1-3(6-4)5(8)9;/h2*3H,1-2H2,(H,6,7)(H,8,9);/q;;+2/p-2/t2*3-;/m11./s1. The van der Waals surface area contributed by atoms with Crippen molar-refractivity contribution in [1.29, 1.82) is 0 Å². The molecule has 109 valence electrons. The van der Waals surface area contributed by atoms with Gasteiger partial charge in [0.25, 0.3) is 0 Å². The topological polar surface area (TPSA) is 138 Å². The summed E-state index contributed by atoms with van der Waals surface area (Å²) in [4.78, 5) is 40.8. The van der Waals surface area contributed by atoms with Crippen molar-refractivity contribution in [3.05, 3.63) is 0 Å². The Kier molecular flexibility index (Phi) is 7.10. The number of carboxylic acids is 2. The van der Waals surface area contributed by atoms with E-state index in [1.165, 1.54) is 0 Å². The summed E-state index contributed by atoms with van der Waals surface area (Å²) in [5, 5.41) is 24.5. The fraction of sp³-hybridized carbons (Fsp3) is 0.600. The number of rotatable bonds is 2. The molecule has 8 nitrogen and oxygen atoms in total. The zero-order valence-electron chi connectivity index (χ0n) is 9.73. The predicted molar refractivity (Wildman–Crippen MR) is 52.3 cm³/mol. The van der Waals surface area contributed by atoms with Crippen LogP contribution in [0.2, 0.25) is 0 Å². The van der Waals surface area contributed by atoms with E-state index >= 15 is 0 Å². The van der Waals surface area contributed by atoms with Gasteiger partial charge in [-0.25, -0.2) is 0 Å². The second-order valence-corrected chi connectivity index (χ2v) is 3.96. The summed E-state index contributed by atoms with van der Waals surface area (Å²) < 4.78 is 0. The first-order valence-corrected chi connectivity index (χ1v) is 5.40. The molecule has 0 bridgehead atoms. The molecule has 0 aliphatic carbocycles. The van der Waals surface area contributed by atoms with E-state index in [2.05, 4.69) is 10.6 Å². The predicted octanol–water partition coefficient (Wildman–Crippen LogP) is -3.97. The zero-order chi connectivity index (χ0) is 13.7. The Bertz CT molecular complexity index is 350. The number of aliphatic carboxylic acids is 2. The molecule has 0 aromatic rings. The molecular formula is C10H12CuN2O6. The molecule has 2 fully saturated rings. The van der Waals surface area contributed by atoms with Gasteiger partial charge in [-0.05, 0) is 12.8 Å². The van der Waals surface area contributed by atoms with Crippen molar-refractivity contribution in [3.8, 4) is 0 Å². The summed E-state index contributed by atoms with van der Waals surface area (Å²) in [6, 6.07) is -1.50. The van der Waals surface area contributed by atoms with E-state index in [-0.39, 0.29) is 28.9 Å². The molecule has 0 unspecified atom stereocenters. The summed E-state index contributed by atoms with van der Waals surface area (Å²) in [6.07, 6.45) is 1.33. The average molecular weight is 320 g/mol. The summed E-state index contributed by atoms with van der Waals surface area (Å²) in [6.45, 7) is 0. The minimum atomic E-state index is -1.19. The first kappa shape index (κ1) is 17.4. The van der Waals surface area contributed by atoms with Gasteiger partial charge >= 0.3 is 17.1 Å². The summed E-state index contributed by atoms with van der Waals surface area (Å²) in [5.74, 6) is -2.80. The van der Waals surface area contributed by atoms with Crippen molar-refractivity contribution in [2.24, 2.45) is 0 Å². The van der Waals surface area contributed by atoms with Gasteiger partial charge in [0.2, 0.25) is 11.8 Å². The van der Waals surface area contributed by atoms with Gasteiger partial charge in [-0.2, -0.15) is 0 Å². The van der Waals surface area contributed by atoms with Crippen LogP contribution in [0.15, 0.2) is 0 Å².